The summed E-state index contributed by atoms with van der Waals surface area (Å²) in [7, 11) is 0. The molecule has 4 nitrogen and oxygen atoms in total. The molecular formula is C17H15ClN2O2. The molecule has 1 atom stereocenters. The maximum atomic E-state index is 12.0. The Bertz CT molecular complexity index is 713. The highest BCUT2D eigenvalue weighted by Gasteiger charge is 2.29. The van der Waals surface area contributed by atoms with Gasteiger partial charge in [0.25, 0.3) is 5.91 Å². The monoisotopic (exact) mass is 314 g/mol. The zero-order valence-electron chi connectivity index (χ0n) is 11.8. The number of fused-ring (bicyclic) bond motifs is 1. The summed E-state index contributed by atoms with van der Waals surface area (Å²) in [5.74, 6) is -0.382. The Morgan fingerprint density at radius 3 is 2.64 bits per heavy atom. The van der Waals surface area contributed by atoms with Crippen LogP contribution in [0.2, 0.25) is 5.02 Å². The molecular weight excluding hydrogens is 300 g/mol. The lowest BCUT2D eigenvalue weighted by atomic mass is 9.97. The summed E-state index contributed by atoms with van der Waals surface area (Å²) in [6.45, 7) is 0.438. The van der Waals surface area contributed by atoms with Gasteiger partial charge in [-0.2, -0.15) is 0 Å². The van der Waals surface area contributed by atoms with Gasteiger partial charge >= 0.3 is 0 Å². The lowest BCUT2D eigenvalue weighted by molar-refractivity contribution is -0.117. The van der Waals surface area contributed by atoms with Crippen LogP contribution in [0.1, 0.15) is 28.3 Å². The van der Waals surface area contributed by atoms with Gasteiger partial charge in [0.05, 0.1) is 5.92 Å². The second kappa shape index (κ2) is 6.20. The van der Waals surface area contributed by atoms with Gasteiger partial charge in [-0.3, -0.25) is 9.59 Å². The van der Waals surface area contributed by atoms with E-state index >= 15 is 0 Å². The van der Waals surface area contributed by atoms with Crippen LogP contribution in [0.4, 0.5) is 5.69 Å². The number of carbonyl (C=O) groups is 2. The highest BCUT2D eigenvalue weighted by molar-refractivity contribution is 6.30. The van der Waals surface area contributed by atoms with Crippen molar-refractivity contribution in [1.82, 2.24) is 5.32 Å². The summed E-state index contributed by atoms with van der Waals surface area (Å²) in [6, 6.07) is 14.3. The largest absolute Gasteiger partial charge is 0.352 e. The number of halogens is 1. The molecule has 1 heterocycles. The molecule has 2 amide bonds. The Morgan fingerprint density at radius 1 is 1.14 bits per heavy atom. The van der Waals surface area contributed by atoms with Crippen LogP contribution in [0.5, 0.6) is 0 Å². The van der Waals surface area contributed by atoms with Gasteiger partial charge in [0, 0.05) is 22.8 Å². The number of rotatable bonds is 4. The molecule has 3 rings (SSSR count). The van der Waals surface area contributed by atoms with E-state index in [1.54, 1.807) is 24.3 Å². The Balaban J connectivity index is 1.58. The van der Waals surface area contributed by atoms with Crippen LogP contribution in [0.15, 0.2) is 48.5 Å². The van der Waals surface area contributed by atoms with Crippen LogP contribution in [-0.4, -0.2) is 18.4 Å². The fourth-order valence-corrected chi connectivity index (χ4v) is 2.72. The molecule has 1 unspecified atom stereocenters. The second-order valence-corrected chi connectivity index (χ2v) is 5.62. The first-order chi connectivity index (χ1) is 10.6. The van der Waals surface area contributed by atoms with Crippen molar-refractivity contribution in [3.05, 3.63) is 64.7 Å². The minimum Gasteiger partial charge on any atom is -0.352 e. The van der Waals surface area contributed by atoms with Crippen LogP contribution in [0.3, 0.4) is 0 Å². The van der Waals surface area contributed by atoms with Crippen LogP contribution >= 0.6 is 11.6 Å². The number of hydrogen-bond donors (Lipinski definition) is 2. The van der Waals surface area contributed by atoms with E-state index in [2.05, 4.69) is 10.6 Å². The van der Waals surface area contributed by atoms with E-state index in [1.165, 1.54) is 0 Å². The number of nitrogens with one attached hydrogen (secondary N) is 2. The van der Waals surface area contributed by atoms with Crippen molar-refractivity contribution in [3.63, 3.8) is 0 Å². The molecule has 0 aliphatic carbocycles. The van der Waals surface area contributed by atoms with Crippen LogP contribution in [0, 0.1) is 0 Å². The van der Waals surface area contributed by atoms with Gasteiger partial charge in [0.1, 0.15) is 0 Å². The van der Waals surface area contributed by atoms with Gasteiger partial charge in [-0.05, 0) is 42.3 Å². The smallest absolute Gasteiger partial charge is 0.251 e. The third-order valence-electron chi connectivity index (χ3n) is 3.74. The van der Waals surface area contributed by atoms with Crippen LogP contribution in [0.25, 0.3) is 0 Å². The molecule has 0 spiro atoms. The highest BCUT2D eigenvalue weighted by Crippen LogP contribution is 2.33. The molecule has 0 fully saturated rings. The number of benzene rings is 2. The predicted octanol–water partition coefficient (Wildman–Crippen LogP) is 3.20. The van der Waals surface area contributed by atoms with Crippen LogP contribution < -0.4 is 10.6 Å². The number of para-hydroxylation sites is 1. The van der Waals surface area contributed by atoms with Crippen molar-refractivity contribution in [2.45, 2.75) is 12.3 Å². The number of hydrogen-bond acceptors (Lipinski definition) is 2. The number of anilines is 1. The van der Waals surface area contributed by atoms with E-state index < -0.39 is 0 Å². The molecule has 0 saturated carbocycles. The van der Waals surface area contributed by atoms with E-state index in [-0.39, 0.29) is 17.7 Å². The molecule has 0 aromatic heterocycles. The molecule has 1 aliphatic heterocycles. The Kier molecular flexibility index (Phi) is 4.11. The van der Waals surface area contributed by atoms with Gasteiger partial charge < -0.3 is 10.6 Å². The van der Waals surface area contributed by atoms with Crippen molar-refractivity contribution in [2.24, 2.45) is 0 Å². The standard InChI is InChI=1S/C17H15ClN2O2/c18-12-7-5-11(6-8-12)16(21)19-10-9-14-13-3-1-2-4-15(13)20-17(14)22/h1-8,14H,9-10H2,(H,19,21)(H,20,22). The van der Waals surface area contributed by atoms with Crippen LogP contribution in [-0.2, 0) is 4.79 Å². The molecule has 5 heteroatoms. The Hall–Kier alpha value is -2.33. The van der Waals surface area contributed by atoms with E-state index in [9.17, 15) is 9.59 Å². The lowest BCUT2D eigenvalue weighted by Crippen LogP contribution is -2.26. The number of carbonyl (C=O) groups excluding carboxylic acids is 2. The maximum Gasteiger partial charge on any atom is 0.251 e. The van der Waals surface area contributed by atoms with Crippen molar-refractivity contribution >= 4 is 29.1 Å². The normalized spacial score (nSPS) is 16.0. The SMILES string of the molecule is O=C(NCCC1C(=O)Nc2ccccc21)c1ccc(Cl)cc1. The summed E-state index contributed by atoms with van der Waals surface area (Å²) in [5, 5.41) is 6.29. The van der Waals surface area contributed by atoms with Crippen molar-refractivity contribution in [1.29, 1.82) is 0 Å². The summed E-state index contributed by atoms with van der Waals surface area (Å²) < 4.78 is 0. The molecule has 2 N–H and O–H groups in total. The summed E-state index contributed by atoms with van der Waals surface area (Å²) in [4.78, 5) is 24.0. The Morgan fingerprint density at radius 2 is 1.86 bits per heavy atom. The molecule has 22 heavy (non-hydrogen) atoms. The molecule has 0 saturated heterocycles. The van der Waals surface area contributed by atoms with Gasteiger partial charge in [0.15, 0.2) is 0 Å². The van der Waals surface area contributed by atoms with E-state index in [4.69, 9.17) is 11.6 Å². The average molecular weight is 315 g/mol. The highest BCUT2D eigenvalue weighted by atomic mass is 35.5. The first-order valence-corrected chi connectivity index (χ1v) is 7.46. The summed E-state index contributed by atoms with van der Waals surface area (Å²) in [5.41, 5.74) is 2.41. The van der Waals surface area contributed by atoms with Crippen molar-refractivity contribution < 1.29 is 9.59 Å². The average Bonchev–Trinajstić information content (AvgIpc) is 2.84. The van der Waals surface area contributed by atoms with Gasteiger partial charge in [-0.1, -0.05) is 29.8 Å². The molecule has 2 aromatic carbocycles. The van der Waals surface area contributed by atoms with Gasteiger partial charge in [-0.15, -0.1) is 0 Å². The Labute approximate surface area is 133 Å². The molecule has 112 valence electrons. The van der Waals surface area contributed by atoms with E-state index in [0.29, 0.717) is 23.6 Å². The third-order valence-corrected chi connectivity index (χ3v) is 3.99. The van der Waals surface area contributed by atoms with Gasteiger partial charge in [-0.25, -0.2) is 0 Å². The minimum atomic E-state index is -0.207. The lowest BCUT2D eigenvalue weighted by Gasteiger charge is -2.10. The zero-order chi connectivity index (χ0) is 15.5. The number of amides is 2. The summed E-state index contributed by atoms with van der Waals surface area (Å²) in [6.07, 6.45) is 0.572. The predicted molar refractivity (Wildman–Crippen MR) is 86.2 cm³/mol. The molecule has 2 aromatic rings. The molecule has 1 aliphatic rings. The van der Waals surface area contributed by atoms with E-state index in [0.717, 1.165) is 11.3 Å². The fraction of sp³-hybridized carbons (Fsp3) is 0.176. The molecule has 0 bridgehead atoms. The second-order valence-electron chi connectivity index (χ2n) is 5.18. The first kappa shape index (κ1) is 14.6. The zero-order valence-corrected chi connectivity index (χ0v) is 12.6. The summed E-state index contributed by atoms with van der Waals surface area (Å²) >= 11 is 5.79. The fourth-order valence-electron chi connectivity index (χ4n) is 2.60. The quantitative estimate of drug-likeness (QED) is 0.910. The van der Waals surface area contributed by atoms with Crippen molar-refractivity contribution in [2.75, 3.05) is 11.9 Å². The molecule has 0 radical (unpaired) electrons. The minimum absolute atomic E-state index is 0.0121. The van der Waals surface area contributed by atoms with Gasteiger partial charge in [0.2, 0.25) is 5.91 Å². The van der Waals surface area contributed by atoms with E-state index in [1.807, 2.05) is 24.3 Å². The third kappa shape index (κ3) is 2.97. The maximum absolute atomic E-state index is 12.0. The van der Waals surface area contributed by atoms with Crippen molar-refractivity contribution in [3.8, 4) is 0 Å². The first-order valence-electron chi connectivity index (χ1n) is 7.09. The topological polar surface area (TPSA) is 58.2 Å².